The van der Waals surface area contributed by atoms with Gasteiger partial charge < -0.3 is 32.1 Å². The molecule has 2 aromatic carbocycles. The highest BCUT2D eigenvalue weighted by molar-refractivity contribution is 6.04. The van der Waals surface area contributed by atoms with Crippen LogP contribution in [-0.4, -0.2) is 41.7 Å². The molecule has 10 rings (SSSR count). The fourth-order valence-corrected chi connectivity index (χ4v) is 7.14. The van der Waals surface area contributed by atoms with E-state index in [0.717, 1.165) is 65.9 Å². The van der Waals surface area contributed by atoms with E-state index in [1.807, 2.05) is 73.1 Å². The maximum atomic E-state index is 12.2. The Labute approximate surface area is 318 Å². The van der Waals surface area contributed by atoms with Crippen LogP contribution in [0.1, 0.15) is 12.8 Å². The summed E-state index contributed by atoms with van der Waals surface area (Å²) in [5, 5.41) is 28.8. The number of fused-ring (bicyclic) bond motifs is 4. The number of benzene rings is 2. The summed E-state index contributed by atoms with van der Waals surface area (Å²) in [6.07, 6.45) is 11.8. The number of nitrogens with two attached hydrogens (primary N) is 2. The number of anilines is 4. The summed E-state index contributed by atoms with van der Waals surface area (Å²) in [4.78, 5) is 47.9. The Balaban J connectivity index is 0.000000146. The molecular formula is C42H32N12O2. The van der Waals surface area contributed by atoms with Crippen molar-refractivity contribution in [1.82, 2.24) is 29.9 Å². The smallest absolute Gasteiger partial charge is 0.230 e. The molecular weight excluding hydrogens is 705 g/mol. The zero-order valence-electron chi connectivity index (χ0n) is 29.6. The zero-order valence-corrected chi connectivity index (χ0v) is 29.6. The Morgan fingerprint density at radius 2 is 1.07 bits per heavy atom. The number of rotatable bonds is 6. The van der Waals surface area contributed by atoms with E-state index >= 15 is 0 Å². The highest BCUT2D eigenvalue weighted by atomic mass is 16.2. The molecule has 4 atom stereocenters. The van der Waals surface area contributed by atoms with Crippen molar-refractivity contribution in [2.75, 3.05) is 22.1 Å². The van der Waals surface area contributed by atoms with E-state index in [9.17, 15) is 9.59 Å². The van der Waals surface area contributed by atoms with Crippen molar-refractivity contribution in [1.29, 1.82) is 10.5 Å². The first kappa shape index (κ1) is 34.0. The van der Waals surface area contributed by atoms with E-state index in [4.69, 9.17) is 22.0 Å². The monoisotopic (exact) mass is 736 g/mol. The third kappa shape index (κ3) is 6.31. The average Bonchev–Trinajstić information content (AvgIpc) is 4.07. The number of nitriles is 2. The van der Waals surface area contributed by atoms with Crippen LogP contribution in [0.5, 0.6) is 0 Å². The molecule has 14 nitrogen and oxygen atoms in total. The van der Waals surface area contributed by atoms with Gasteiger partial charge in [-0.05, 0) is 107 Å². The summed E-state index contributed by atoms with van der Waals surface area (Å²) < 4.78 is 0. The molecule has 2 aliphatic carbocycles. The molecule has 6 aromatic heterocycles. The van der Waals surface area contributed by atoms with Crippen LogP contribution in [0.2, 0.25) is 0 Å². The quantitative estimate of drug-likeness (QED) is 0.0963. The van der Waals surface area contributed by atoms with Crippen LogP contribution in [0.4, 0.5) is 23.0 Å². The van der Waals surface area contributed by atoms with Crippen molar-refractivity contribution >= 4 is 78.4 Å². The maximum absolute atomic E-state index is 12.2. The van der Waals surface area contributed by atoms with Crippen molar-refractivity contribution in [3.05, 3.63) is 97.8 Å². The lowest BCUT2D eigenvalue weighted by atomic mass is 9.99. The Morgan fingerprint density at radius 3 is 1.48 bits per heavy atom. The Bertz CT molecular complexity index is 2770. The predicted molar refractivity (Wildman–Crippen MR) is 214 cm³/mol. The first-order valence-corrected chi connectivity index (χ1v) is 17.9. The third-order valence-electron chi connectivity index (χ3n) is 10.4. The Hall–Kier alpha value is -7.84. The number of hydrogen-bond acceptors (Lipinski definition) is 10. The molecule has 0 bridgehead atoms. The number of nitrogen functional groups attached to an aromatic ring is 2. The lowest BCUT2D eigenvalue weighted by Gasteiger charge is -2.10. The summed E-state index contributed by atoms with van der Waals surface area (Å²) >= 11 is 0. The number of H-pyrrole nitrogens is 2. The third-order valence-corrected chi connectivity index (χ3v) is 10.4. The number of carbonyl (C=O) groups excluding carboxylic acids is 2. The van der Waals surface area contributed by atoms with Gasteiger partial charge in [0.2, 0.25) is 11.8 Å². The van der Waals surface area contributed by atoms with Crippen molar-refractivity contribution in [2.45, 2.75) is 12.8 Å². The van der Waals surface area contributed by atoms with Crippen LogP contribution in [0, 0.1) is 46.3 Å². The molecule has 2 saturated carbocycles. The number of pyridine rings is 4. The van der Waals surface area contributed by atoms with Crippen molar-refractivity contribution in [2.24, 2.45) is 23.7 Å². The normalized spacial score (nSPS) is 18.1. The largest absolute Gasteiger partial charge is 0.398 e. The van der Waals surface area contributed by atoms with Gasteiger partial charge >= 0.3 is 0 Å². The van der Waals surface area contributed by atoms with Crippen LogP contribution in [0.15, 0.2) is 97.8 Å². The molecule has 6 heterocycles. The first-order valence-electron chi connectivity index (χ1n) is 17.9. The number of hydrogen-bond donors (Lipinski definition) is 6. The van der Waals surface area contributed by atoms with Gasteiger partial charge in [0, 0.05) is 70.1 Å². The average molecular weight is 737 g/mol. The molecule has 56 heavy (non-hydrogen) atoms. The second-order valence-electron chi connectivity index (χ2n) is 14.0. The molecule has 272 valence electrons. The predicted octanol–water partition coefficient (Wildman–Crippen LogP) is 6.92. The van der Waals surface area contributed by atoms with Gasteiger partial charge in [-0.2, -0.15) is 10.5 Å². The van der Waals surface area contributed by atoms with Gasteiger partial charge in [0.25, 0.3) is 0 Å². The summed E-state index contributed by atoms with van der Waals surface area (Å²) in [6, 6.07) is 23.7. The lowest BCUT2D eigenvalue weighted by molar-refractivity contribution is -0.118. The van der Waals surface area contributed by atoms with Gasteiger partial charge in [-0.3, -0.25) is 9.59 Å². The van der Waals surface area contributed by atoms with Crippen molar-refractivity contribution in [3.8, 4) is 34.4 Å². The van der Waals surface area contributed by atoms with E-state index in [1.54, 1.807) is 24.8 Å². The van der Waals surface area contributed by atoms with Crippen LogP contribution >= 0.6 is 0 Å². The molecule has 8 aromatic rings. The molecule has 14 heteroatoms. The summed E-state index contributed by atoms with van der Waals surface area (Å²) in [5.74, 6) is -0.249. The molecule has 8 N–H and O–H groups in total. The second kappa shape index (κ2) is 13.5. The van der Waals surface area contributed by atoms with Crippen LogP contribution < -0.4 is 22.1 Å². The fraction of sp³-hybridized carbons (Fsp3) is 0.143. The topological polar surface area (TPSA) is 241 Å². The number of amides is 2. The van der Waals surface area contributed by atoms with E-state index in [1.165, 1.54) is 0 Å². The van der Waals surface area contributed by atoms with Gasteiger partial charge in [0.05, 0.1) is 35.8 Å². The van der Waals surface area contributed by atoms with Crippen LogP contribution in [-0.2, 0) is 9.59 Å². The summed E-state index contributed by atoms with van der Waals surface area (Å²) in [6.45, 7) is 0. The lowest BCUT2D eigenvalue weighted by Crippen LogP contribution is -2.15. The van der Waals surface area contributed by atoms with E-state index in [2.05, 4.69) is 52.7 Å². The Morgan fingerprint density at radius 1 is 0.625 bits per heavy atom. The SMILES string of the molecule is N#C[C@@H]1C[C@H]1C(=O)Nc1cc2cc(-c3ccnc4[nH]ccc34)cc(N)c2cn1.N#C[C@H]1C[C@@H]1C(=O)Nc1cc2cc(-c3ccnc4[nH]ccc34)cc(N)c2cn1. The molecule has 0 saturated heterocycles. The standard InChI is InChI=1S/2C21H16N6O/c2*22-9-13-6-16(13)21(28)27-19-8-12-5-11(7-18(23)17(12)10-26-19)14-1-3-24-20-15(14)2-4-25-20/h2*1-5,7-8,10,13,16H,6,23H2,(H,24,25)(H,26,27,28)/t2*13-,16+/m10/s1. The minimum absolute atomic E-state index is 0.161. The summed E-state index contributed by atoms with van der Waals surface area (Å²) in [5.41, 5.74) is 19.4. The fourth-order valence-electron chi connectivity index (χ4n) is 7.14. The van der Waals surface area contributed by atoms with Crippen LogP contribution in [0.3, 0.4) is 0 Å². The van der Waals surface area contributed by atoms with Gasteiger partial charge in [-0.25, -0.2) is 19.9 Å². The number of nitrogens with zero attached hydrogens (tertiary/aromatic N) is 6. The second-order valence-corrected chi connectivity index (χ2v) is 14.0. The molecule has 0 aliphatic heterocycles. The van der Waals surface area contributed by atoms with Gasteiger partial charge in [-0.1, -0.05) is 0 Å². The molecule has 0 unspecified atom stereocenters. The van der Waals surface area contributed by atoms with Crippen LogP contribution in [0.25, 0.3) is 65.9 Å². The maximum Gasteiger partial charge on any atom is 0.230 e. The summed E-state index contributed by atoms with van der Waals surface area (Å²) in [7, 11) is 0. The molecule has 0 spiro atoms. The number of carbonyl (C=O) groups is 2. The minimum atomic E-state index is -0.238. The minimum Gasteiger partial charge on any atom is -0.398 e. The molecule has 2 fully saturated rings. The number of nitrogens with one attached hydrogen (secondary N) is 4. The highest BCUT2D eigenvalue weighted by Crippen LogP contribution is 2.40. The van der Waals surface area contributed by atoms with Gasteiger partial charge in [0.1, 0.15) is 22.9 Å². The van der Waals surface area contributed by atoms with E-state index < -0.39 is 0 Å². The number of aromatic amines is 2. The van der Waals surface area contributed by atoms with Gasteiger partial charge in [-0.15, -0.1) is 0 Å². The Kier molecular flexibility index (Phi) is 8.21. The van der Waals surface area contributed by atoms with Gasteiger partial charge in [0.15, 0.2) is 0 Å². The zero-order chi connectivity index (χ0) is 38.5. The highest BCUT2D eigenvalue weighted by Gasteiger charge is 2.44. The van der Waals surface area contributed by atoms with E-state index in [0.29, 0.717) is 35.9 Å². The molecule has 0 radical (unpaired) electrons. The van der Waals surface area contributed by atoms with Crippen molar-refractivity contribution < 1.29 is 9.59 Å². The van der Waals surface area contributed by atoms with Crippen molar-refractivity contribution in [3.63, 3.8) is 0 Å². The number of aromatic nitrogens is 6. The molecule has 2 aliphatic rings. The first-order chi connectivity index (χ1) is 27.3. The molecule has 2 amide bonds. The van der Waals surface area contributed by atoms with E-state index in [-0.39, 0.29) is 35.5 Å².